The van der Waals surface area contributed by atoms with Gasteiger partial charge in [0.05, 0.1) is 11.7 Å². The molecule has 0 amide bonds. The number of aliphatic carboxylic acids is 2. The molecule has 0 bridgehead atoms. The lowest BCUT2D eigenvalue weighted by Gasteiger charge is -2.01. The van der Waals surface area contributed by atoms with Gasteiger partial charge in [0.1, 0.15) is 5.75 Å². The minimum Gasteiger partial charge on any atom is -0.482 e. The van der Waals surface area contributed by atoms with Gasteiger partial charge in [0, 0.05) is 11.5 Å². The number of nitrogens with one attached hydrogen (secondary N) is 1. The Balaban J connectivity index is 0.000000270. The summed E-state index contributed by atoms with van der Waals surface area (Å²) in [5.41, 5.74) is 0.827. The first-order valence-electron chi connectivity index (χ1n) is 5.28. The number of carbonyl (C=O) groups is 2. The maximum Gasteiger partial charge on any atom is 0.490 e. The molecule has 0 radical (unpaired) electrons. The molecule has 2 rings (SSSR count). The Kier molecular flexibility index (Phi) is 5.11. The summed E-state index contributed by atoms with van der Waals surface area (Å²) in [6.45, 7) is -0.334. The van der Waals surface area contributed by atoms with Gasteiger partial charge in [-0.2, -0.15) is 18.3 Å². The Morgan fingerprint density at radius 2 is 1.90 bits per heavy atom. The van der Waals surface area contributed by atoms with Gasteiger partial charge >= 0.3 is 18.1 Å². The standard InChI is InChI=1S/C9H8N2O3.C2HF3O2/c12-9(13)5-14-7-2-1-6-4-10-11-8(6)3-7;3-2(4,5)1(6)7/h1-4H,5H2,(H,10,11)(H,12,13);(H,6,7). The first-order chi connectivity index (χ1) is 9.70. The molecule has 10 heteroatoms. The van der Waals surface area contributed by atoms with E-state index in [1.54, 1.807) is 18.3 Å². The number of halogens is 3. The van der Waals surface area contributed by atoms with Crippen LogP contribution in [0.15, 0.2) is 24.4 Å². The lowest BCUT2D eigenvalue weighted by molar-refractivity contribution is -0.192. The minimum absolute atomic E-state index is 0.334. The molecule has 0 atom stereocenters. The Morgan fingerprint density at radius 1 is 1.29 bits per heavy atom. The average Bonchev–Trinajstić information content (AvgIpc) is 2.83. The van der Waals surface area contributed by atoms with Crippen molar-refractivity contribution in [3.63, 3.8) is 0 Å². The maximum atomic E-state index is 10.6. The number of aromatic amines is 1. The summed E-state index contributed by atoms with van der Waals surface area (Å²) in [6, 6.07) is 5.24. The summed E-state index contributed by atoms with van der Waals surface area (Å²) in [5.74, 6) is -3.23. The van der Waals surface area contributed by atoms with Crippen LogP contribution in [0.5, 0.6) is 5.75 Å². The molecular formula is C11H9F3N2O5. The molecule has 114 valence electrons. The Labute approximate surface area is 114 Å². The molecule has 0 fully saturated rings. The zero-order valence-electron chi connectivity index (χ0n) is 10.2. The first-order valence-corrected chi connectivity index (χ1v) is 5.28. The highest BCUT2D eigenvalue weighted by Crippen LogP contribution is 2.18. The third-order valence-electron chi connectivity index (χ3n) is 2.02. The zero-order chi connectivity index (χ0) is 16.0. The van der Waals surface area contributed by atoms with Crippen molar-refractivity contribution in [3.8, 4) is 5.75 Å². The third-order valence-corrected chi connectivity index (χ3v) is 2.02. The summed E-state index contributed by atoms with van der Waals surface area (Å²) in [5, 5.41) is 23.1. The van der Waals surface area contributed by atoms with Crippen LogP contribution in [0.1, 0.15) is 0 Å². The van der Waals surface area contributed by atoms with E-state index in [1.165, 1.54) is 0 Å². The highest BCUT2D eigenvalue weighted by molar-refractivity contribution is 5.79. The number of H-pyrrole nitrogens is 1. The van der Waals surface area contributed by atoms with Gasteiger partial charge in [0.2, 0.25) is 0 Å². The smallest absolute Gasteiger partial charge is 0.482 e. The fourth-order valence-electron chi connectivity index (χ4n) is 1.15. The largest absolute Gasteiger partial charge is 0.490 e. The monoisotopic (exact) mass is 306 g/mol. The zero-order valence-corrected chi connectivity index (χ0v) is 10.2. The molecule has 0 unspecified atom stereocenters. The predicted octanol–water partition coefficient (Wildman–Crippen LogP) is 1.66. The number of benzene rings is 1. The molecule has 0 spiro atoms. The average molecular weight is 306 g/mol. The molecule has 21 heavy (non-hydrogen) atoms. The molecule has 2 aromatic rings. The molecule has 1 heterocycles. The van der Waals surface area contributed by atoms with Crippen LogP contribution in [0.4, 0.5) is 13.2 Å². The van der Waals surface area contributed by atoms with Gasteiger partial charge in [0.25, 0.3) is 0 Å². The Morgan fingerprint density at radius 3 is 2.43 bits per heavy atom. The van der Waals surface area contributed by atoms with E-state index >= 15 is 0 Å². The van der Waals surface area contributed by atoms with Crippen molar-refractivity contribution in [3.05, 3.63) is 24.4 Å². The van der Waals surface area contributed by atoms with Crippen LogP contribution in [0.3, 0.4) is 0 Å². The number of hydrogen-bond donors (Lipinski definition) is 3. The SMILES string of the molecule is O=C(O)C(F)(F)F.O=C(O)COc1ccc2cn[nH]c2c1. The predicted molar refractivity (Wildman–Crippen MR) is 62.9 cm³/mol. The van der Waals surface area contributed by atoms with Gasteiger partial charge in [-0.25, -0.2) is 9.59 Å². The van der Waals surface area contributed by atoms with Crippen LogP contribution < -0.4 is 4.74 Å². The Hall–Kier alpha value is -2.78. The van der Waals surface area contributed by atoms with Gasteiger partial charge in [-0.1, -0.05) is 0 Å². The van der Waals surface area contributed by atoms with Crippen molar-refractivity contribution < 1.29 is 37.7 Å². The number of fused-ring (bicyclic) bond motifs is 1. The summed E-state index contributed by atoms with van der Waals surface area (Å²) < 4.78 is 36.7. The third kappa shape index (κ3) is 5.38. The van der Waals surface area contributed by atoms with Crippen molar-refractivity contribution >= 4 is 22.8 Å². The molecule has 0 aliphatic rings. The number of aromatic nitrogens is 2. The summed E-state index contributed by atoms with van der Waals surface area (Å²) in [6.07, 6.45) is -3.39. The normalized spacial score (nSPS) is 10.6. The highest BCUT2D eigenvalue weighted by Gasteiger charge is 2.38. The second-order valence-corrected chi connectivity index (χ2v) is 3.60. The van der Waals surface area contributed by atoms with E-state index in [2.05, 4.69) is 10.2 Å². The summed E-state index contributed by atoms with van der Waals surface area (Å²) >= 11 is 0. The highest BCUT2D eigenvalue weighted by atomic mass is 19.4. The second kappa shape index (κ2) is 6.59. The molecule has 1 aromatic carbocycles. The molecule has 7 nitrogen and oxygen atoms in total. The number of ether oxygens (including phenoxy) is 1. The number of rotatable bonds is 3. The number of carboxylic acids is 2. The van der Waals surface area contributed by atoms with Gasteiger partial charge in [-0.05, 0) is 12.1 Å². The van der Waals surface area contributed by atoms with Gasteiger partial charge in [-0.15, -0.1) is 0 Å². The summed E-state index contributed by atoms with van der Waals surface area (Å²) in [4.78, 5) is 19.1. The van der Waals surface area contributed by atoms with Crippen LogP contribution >= 0.6 is 0 Å². The molecule has 0 aliphatic carbocycles. The van der Waals surface area contributed by atoms with E-state index in [0.717, 1.165) is 10.9 Å². The molecule has 0 saturated carbocycles. The molecule has 3 N–H and O–H groups in total. The molecule has 0 saturated heterocycles. The molecule has 0 aliphatic heterocycles. The first kappa shape index (κ1) is 16.3. The lowest BCUT2D eigenvalue weighted by atomic mass is 10.2. The van der Waals surface area contributed by atoms with E-state index < -0.39 is 18.1 Å². The quantitative estimate of drug-likeness (QED) is 0.795. The van der Waals surface area contributed by atoms with Crippen molar-refractivity contribution in [2.45, 2.75) is 6.18 Å². The van der Waals surface area contributed by atoms with E-state index in [4.69, 9.17) is 19.7 Å². The number of carboxylic acid groups (broad SMARTS) is 2. The second-order valence-electron chi connectivity index (χ2n) is 3.60. The Bertz CT molecular complexity index is 638. The van der Waals surface area contributed by atoms with Crippen molar-refractivity contribution in [2.75, 3.05) is 6.61 Å². The van der Waals surface area contributed by atoms with E-state index in [9.17, 15) is 18.0 Å². The van der Waals surface area contributed by atoms with Crippen LogP contribution in [0.2, 0.25) is 0 Å². The summed E-state index contributed by atoms with van der Waals surface area (Å²) in [7, 11) is 0. The van der Waals surface area contributed by atoms with Crippen LogP contribution in [0, 0.1) is 0 Å². The number of nitrogens with zero attached hydrogens (tertiary/aromatic N) is 1. The lowest BCUT2D eigenvalue weighted by Crippen LogP contribution is -2.21. The fourth-order valence-corrected chi connectivity index (χ4v) is 1.15. The molecule has 1 aromatic heterocycles. The molecular weight excluding hydrogens is 297 g/mol. The number of alkyl halides is 3. The maximum absolute atomic E-state index is 10.6. The van der Waals surface area contributed by atoms with Crippen LogP contribution in [0.25, 0.3) is 10.9 Å². The van der Waals surface area contributed by atoms with Crippen molar-refractivity contribution in [2.24, 2.45) is 0 Å². The van der Waals surface area contributed by atoms with Crippen molar-refractivity contribution in [1.82, 2.24) is 10.2 Å². The van der Waals surface area contributed by atoms with Gasteiger partial charge in [0.15, 0.2) is 6.61 Å². The van der Waals surface area contributed by atoms with E-state index in [-0.39, 0.29) is 6.61 Å². The fraction of sp³-hybridized carbons (Fsp3) is 0.182. The van der Waals surface area contributed by atoms with E-state index in [1.807, 2.05) is 6.07 Å². The van der Waals surface area contributed by atoms with Gasteiger partial charge < -0.3 is 14.9 Å². The topological polar surface area (TPSA) is 113 Å². The van der Waals surface area contributed by atoms with Crippen molar-refractivity contribution in [1.29, 1.82) is 0 Å². The minimum atomic E-state index is -5.08. The van der Waals surface area contributed by atoms with Gasteiger partial charge in [-0.3, -0.25) is 5.10 Å². The van der Waals surface area contributed by atoms with E-state index in [0.29, 0.717) is 5.75 Å². The number of hydrogen-bond acceptors (Lipinski definition) is 4. The van der Waals surface area contributed by atoms with Crippen LogP contribution in [-0.4, -0.2) is 45.1 Å². The van der Waals surface area contributed by atoms with Crippen LogP contribution in [-0.2, 0) is 9.59 Å².